The SMILES string of the molecule is COCCCN1C(=O)c2oc3ccc(C)cc3c(=O)c2C1c1cccc(OCCC(C)C)c1. The first-order valence-corrected chi connectivity index (χ1v) is 11.5. The largest absolute Gasteiger partial charge is 0.494 e. The average Bonchev–Trinajstić information content (AvgIpc) is 3.06. The van der Waals surface area contributed by atoms with E-state index in [1.807, 2.05) is 43.3 Å². The molecule has 174 valence electrons. The van der Waals surface area contributed by atoms with Crippen LogP contribution in [0.2, 0.25) is 0 Å². The van der Waals surface area contributed by atoms with Gasteiger partial charge >= 0.3 is 0 Å². The van der Waals surface area contributed by atoms with Crippen molar-refractivity contribution in [1.29, 1.82) is 0 Å². The molecule has 3 aromatic rings. The minimum Gasteiger partial charge on any atom is -0.494 e. The Balaban J connectivity index is 1.79. The van der Waals surface area contributed by atoms with Crippen molar-refractivity contribution in [3.8, 4) is 5.75 Å². The van der Waals surface area contributed by atoms with Gasteiger partial charge in [-0.25, -0.2) is 0 Å². The van der Waals surface area contributed by atoms with Crippen LogP contribution in [0.3, 0.4) is 0 Å². The second-order valence-corrected chi connectivity index (χ2v) is 9.02. The van der Waals surface area contributed by atoms with Crippen LogP contribution in [0, 0.1) is 12.8 Å². The Morgan fingerprint density at radius 1 is 1.09 bits per heavy atom. The smallest absolute Gasteiger partial charge is 0.290 e. The molecule has 0 spiro atoms. The maximum Gasteiger partial charge on any atom is 0.290 e. The average molecular weight is 450 g/mol. The summed E-state index contributed by atoms with van der Waals surface area (Å²) in [5.74, 6) is 1.14. The van der Waals surface area contributed by atoms with Gasteiger partial charge in [0, 0.05) is 20.3 Å². The molecule has 6 nitrogen and oxygen atoms in total. The van der Waals surface area contributed by atoms with E-state index in [2.05, 4.69) is 13.8 Å². The molecule has 4 rings (SSSR count). The van der Waals surface area contributed by atoms with Crippen LogP contribution in [0.1, 0.15) is 60.0 Å². The quantitative estimate of drug-likeness (QED) is 0.425. The van der Waals surface area contributed by atoms with E-state index in [1.165, 1.54) is 0 Å². The molecule has 1 aliphatic rings. The molecule has 2 heterocycles. The van der Waals surface area contributed by atoms with Crippen molar-refractivity contribution in [2.75, 3.05) is 26.9 Å². The van der Waals surface area contributed by atoms with Gasteiger partial charge in [-0.3, -0.25) is 9.59 Å². The molecule has 0 fully saturated rings. The van der Waals surface area contributed by atoms with E-state index < -0.39 is 6.04 Å². The third-order valence-corrected chi connectivity index (χ3v) is 6.01. The lowest BCUT2D eigenvalue weighted by molar-refractivity contribution is 0.0707. The minimum atomic E-state index is -0.529. The molecule has 1 amide bonds. The summed E-state index contributed by atoms with van der Waals surface area (Å²) in [6.07, 6.45) is 1.61. The van der Waals surface area contributed by atoms with Crippen LogP contribution < -0.4 is 10.2 Å². The number of aryl methyl sites for hydroxylation is 1. The summed E-state index contributed by atoms with van der Waals surface area (Å²) in [5, 5.41) is 0.495. The van der Waals surface area contributed by atoms with Crippen LogP contribution in [0.25, 0.3) is 11.0 Å². The maximum atomic E-state index is 13.6. The van der Waals surface area contributed by atoms with Crippen molar-refractivity contribution >= 4 is 16.9 Å². The second-order valence-electron chi connectivity index (χ2n) is 9.02. The fourth-order valence-electron chi connectivity index (χ4n) is 4.28. The predicted octanol–water partition coefficient (Wildman–Crippen LogP) is 5.11. The number of hydrogen-bond donors (Lipinski definition) is 0. The molecule has 1 atom stereocenters. The van der Waals surface area contributed by atoms with E-state index in [1.54, 1.807) is 18.1 Å². The second kappa shape index (κ2) is 9.79. The molecule has 0 N–H and O–H groups in total. The molecule has 1 aliphatic heterocycles. The van der Waals surface area contributed by atoms with Gasteiger partial charge in [0.25, 0.3) is 5.91 Å². The summed E-state index contributed by atoms with van der Waals surface area (Å²) in [7, 11) is 1.64. The van der Waals surface area contributed by atoms with Gasteiger partial charge in [0.15, 0.2) is 5.43 Å². The van der Waals surface area contributed by atoms with E-state index >= 15 is 0 Å². The Hall–Kier alpha value is -3.12. The number of benzene rings is 2. The standard InChI is InChI=1S/C27H31NO5/c1-17(2)11-14-32-20-8-5-7-19(16-20)24-23-25(29)21-15-18(3)9-10-22(21)33-26(23)27(30)28(24)12-6-13-31-4/h5,7-10,15-17,24H,6,11-14H2,1-4H3. The van der Waals surface area contributed by atoms with Crippen molar-refractivity contribution in [3.63, 3.8) is 0 Å². The molecule has 33 heavy (non-hydrogen) atoms. The lowest BCUT2D eigenvalue weighted by atomic mass is 9.98. The van der Waals surface area contributed by atoms with Crippen LogP contribution >= 0.6 is 0 Å². The van der Waals surface area contributed by atoms with Gasteiger partial charge in [-0.2, -0.15) is 0 Å². The number of rotatable bonds is 9. The van der Waals surface area contributed by atoms with E-state index in [-0.39, 0.29) is 17.1 Å². The first-order chi connectivity index (χ1) is 15.9. The third kappa shape index (κ3) is 4.67. The fourth-order valence-corrected chi connectivity index (χ4v) is 4.28. The molecule has 1 aromatic heterocycles. The Kier molecular flexibility index (Phi) is 6.84. The summed E-state index contributed by atoms with van der Waals surface area (Å²) in [6.45, 7) is 7.84. The van der Waals surface area contributed by atoms with Gasteiger partial charge in [-0.05, 0) is 55.5 Å². The number of fused-ring (bicyclic) bond motifs is 2. The Labute approximate surface area is 194 Å². The topological polar surface area (TPSA) is 69.0 Å². The van der Waals surface area contributed by atoms with Gasteiger partial charge in [0.05, 0.1) is 23.6 Å². The normalized spacial score (nSPS) is 15.5. The van der Waals surface area contributed by atoms with E-state index in [0.29, 0.717) is 48.6 Å². The lowest BCUT2D eigenvalue weighted by Gasteiger charge is -2.25. The van der Waals surface area contributed by atoms with Crippen LogP contribution in [-0.4, -0.2) is 37.7 Å². The van der Waals surface area contributed by atoms with Gasteiger partial charge in [-0.1, -0.05) is 37.6 Å². The first kappa shape index (κ1) is 23.1. The molecule has 2 aromatic carbocycles. The monoisotopic (exact) mass is 449 g/mol. The Bertz CT molecular complexity index is 1210. The summed E-state index contributed by atoms with van der Waals surface area (Å²) in [5.41, 5.74) is 2.47. The molecule has 0 radical (unpaired) electrons. The molecular formula is C27H31NO5. The van der Waals surface area contributed by atoms with Crippen LogP contribution in [0.15, 0.2) is 51.7 Å². The first-order valence-electron chi connectivity index (χ1n) is 11.5. The van der Waals surface area contributed by atoms with Gasteiger partial charge in [0.1, 0.15) is 11.3 Å². The highest BCUT2D eigenvalue weighted by molar-refractivity contribution is 5.99. The van der Waals surface area contributed by atoms with Crippen LogP contribution in [-0.2, 0) is 4.74 Å². The van der Waals surface area contributed by atoms with Gasteiger partial charge in [-0.15, -0.1) is 0 Å². The van der Waals surface area contributed by atoms with E-state index in [0.717, 1.165) is 23.3 Å². The lowest BCUT2D eigenvalue weighted by Crippen LogP contribution is -2.31. The molecule has 1 unspecified atom stereocenters. The fraction of sp³-hybridized carbons (Fsp3) is 0.407. The number of ether oxygens (including phenoxy) is 2. The highest BCUT2D eigenvalue weighted by Crippen LogP contribution is 2.39. The Morgan fingerprint density at radius 2 is 1.91 bits per heavy atom. The number of carbonyl (C=O) groups is 1. The van der Waals surface area contributed by atoms with Crippen molar-refractivity contribution in [2.24, 2.45) is 5.92 Å². The zero-order valence-electron chi connectivity index (χ0n) is 19.7. The Morgan fingerprint density at radius 3 is 2.67 bits per heavy atom. The number of amides is 1. The van der Waals surface area contributed by atoms with Gasteiger partial charge in [0.2, 0.25) is 5.76 Å². The maximum absolute atomic E-state index is 13.6. The van der Waals surface area contributed by atoms with Crippen molar-refractivity contribution in [1.82, 2.24) is 4.90 Å². The number of methoxy groups -OCH3 is 1. The molecule has 0 saturated heterocycles. The van der Waals surface area contributed by atoms with E-state index in [4.69, 9.17) is 13.9 Å². The van der Waals surface area contributed by atoms with Crippen molar-refractivity contribution < 1.29 is 18.7 Å². The van der Waals surface area contributed by atoms with Crippen molar-refractivity contribution in [3.05, 3.63) is 75.1 Å². The molecule has 0 saturated carbocycles. The van der Waals surface area contributed by atoms with E-state index in [9.17, 15) is 9.59 Å². The van der Waals surface area contributed by atoms with Crippen LogP contribution in [0.4, 0.5) is 0 Å². The molecule has 0 aliphatic carbocycles. The third-order valence-electron chi connectivity index (χ3n) is 6.01. The highest BCUT2D eigenvalue weighted by Gasteiger charge is 2.42. The zero-order valence-corrected chi connectivity index (χ0v) is 19.7. The number of nitrogens with zero attached hydrogens (tertiary/aromatic N) is 1. The summed E-state index contributed by atoms with van der Waals surface area (Å²) < 4.78 is 17.2. The summed E-state index contributed by atoms with van der Waals surface area (Å²) >= 11 is 0. The van der Waals surface area contributed by atoms with Crippen molar-refractivity contribution in [2.45, 2.75) is 39.7 Å². The summed E-state index contributed by atoms with van der Waals surface area (Å²) in [4.78, 5) is 28.7. The van der Waals surface area contributed by atoms with Crippen LogP contribution in [0.5, 0.6) is 5.75 Å². The predicted molar refractivity (Wildman–Crippen MR) is 128 cm³/mol. The summed E-state index contributed by atoms with van der Waals surface area (Å²) in [6, 6.07) is 12.6. The molecule has 6 heteroatoms. The zero-order chi connectivity index (χ0) is 23.5. The number of carbonyl (C=O) groups excluding carboxylic acids is 1. The highest BCUT2D eigenvalue weighted by atomic mass is 16.5. The minimum absolute atomic E-state index is 0.130. The molecule has 0 bridgehead atoms. The molecular weight excluding hydrogens is 418 g/mol. The van der Waals surface area contributed by atoms with Gasteiger partial charge < -0.3 is 18.8 Å². The number of hydrogen-bond acceptors (Lipinski definition) is 5.